The molecule has 1 N–H and O–H groups in total. The van der Waals surface area contributed by atoms with Gasteiger partial charge in [0.15, 0.2) is 0 Å². The molecule has 1 fully saturated rings. The third kappa shape index (κ3) is 3.44. The minimum atomic E-state index is -0.985. The predicted octanol–water partition coefficient (Wildman–Crippen LogP) is 1.83. The Labute approximate surface area is 140 Å². The maximum atomic E-state index is 12.7. The van der Waals surface area contributed by atoms with Crippen LogP contribution in [0.15, 0.2) is 42.6 Å². The first-order valence-electron chi connectivity index (χ1n) is 7.82. The molecule has 1 saturated heterocycles. The predicted molar refractivity (Wildman–Crippen MR) is 90.0 cm³/mol. The van der Waals surface area contributed by atoms with Crippen molar-refractivity contribution >= 4 is 11.9 Å². The van der Waals surface area contributed by atoms with Crippen molar-refractivity contribution in [2.45, 2.75) is 0 Å². The Balaban J connectivity index is 1.85. The standard InChI is InChI=1S/C18H19N3O3/c1-20-7-9-21(10-8-20)17(22)14-5-6-19-16(12-14)13-3-2-4-15(11-13)18(23)24/h2-6,11-12H,7-10H2,1H3,(H,23,24). The quantitative estimate of drug-likeness (QED) is 0.932. The van der Waals surface area contributed by atoms with E-state index in [1.165, 1.54) is 6.07 Å². The molecule has 24 heavy (non-hydrogen) atoms. The lowest BCUT2D eigenvalue weighted by Crippen LogP contribution is -2.47. The number of carbonyl (C=O) groups excluding carboxylic acids is 1. The summed E-state index contributed by atoms with van der Waals surface area (Å²) in [6, 6.07) is 9.99. The van der Waals surface area contributed by atoms with Crippen LogP contribution in [0, 0.1) is 0 Å². The van der Waals surface area contributed by atoms with Gasteiger partial charge in [-0.3, -0.25) is 9.78 Å². The van der Waals surface area contributed by atoms with E-state index < -0.39 is 5.97 Å². The van der Waals surface area contributed by atoms with Gasteiger partial charge in [0.1, 0.15) is 0 Å². The second-order valence-electron chi connectivity index (χ2n) is 5.91. The van der Waals surface area contributed by atoms with E-state index >= 15 is 0 Å². The number of aromatic nitrogens is 1. The highest BCUT2D eigenvalue weighted by Gasteiger charge is 2.20. The average molecular weight is 325 g/mol. The van der Waals surface area contributed by atoms with E-state index in [2.05, 4.69) is 9.88 Å². The monoisotopic (exact) mass is 325 g/mol. The number of benzene rings is 1. The summed E-state index contributed by atoms with van der Waals surface area (Å²) in [7, 11) is 2.04. The maximum absolute atomic E-state index is 12.7. The van der Waals surface area contributed by atoms with Crippen LogP contribution in [0.5, 0.6) is 0 Å². The fourth-order valence-electron chi connectivity index (χ4n) is 2.73. The molecule has 2 aromatic rings. The summed E-state index contributed by atoms with van der Waals surface area (Å²) in [5.74, 6) is -0.998. The second kappa shape index (κ2) is 6.80. The zero-order valence-corrected chi connectivity index (χ0v) is 13.5. The fourth-order valence-corrected chi connectivity index (χ4v) is 2.73. The molecular weight excluding hydrogens is 306 g/mol. The molecule has 1 aromatic carbocycles. The molecule has 0 spiro atoms. The third-order valence-corrected chi connectivity index (χ3v) is 4.20. The molecule has 124 valence electrons. The molecule has 1 amide bonds. The Kier molecular flexibility index (Phi) is 4.57. The summed E-state index contributed by atoms with van der Waals surface area (Å²) in [6.07, 6.45) is 1.59. The molecule has 1 aromatic heterocycles. The molecule has 0 saturated carbocycles. The minimum Gasteiger partial charge on any atom is -0.478 e. The average Bonchev–Trinajstić information content (AvgIpc) is 2.62. The Morgan fingerprint density at radius 1 is 1.04 bits per heavy atom. The van der Waals surface area contributed by atoms with Crippen LogP contribution in [0.4, 0.5) is 0 Å². The van der Waals surface area contributed by atoms with E-state index in [1.807, 2.05) is 11.9 Å². The van der Waals surface area contributed by atoms with Crippen LogP contribution in [0.2, 0.25) is 0 Å². The van der Waals surface area contributed by atoms with E-state index in [4.69, 9.17) is 5.11 Å². The van der Waals surface area contributed by atoms with Crippen molar-refractivity contribution in [2.75, 3.05) is 33.2 Å². The van der Waals surface area contributed by atoms with Crippen LogP contribution in [-0.4, -0.2) is 65.0 Å². The summed E-state index contributed by atoms with van der Waals surface area (Å²) in [5, 5.41) is 9.11. The van der Waals surface area contributed by atoms with Crippen LogP contribution < -0.4 is 0 Å². The molecule has 2 heterocycles. The topological polar surface area (TPSA) is 73.7 Å². The SMILES string of the molecule is CN1CCN(C(=O)c2ccnc(-c3cccc(C(=O)O)c3)c2)CC1. The van der Waals surface area contributed by atoms with E-state index in [-0.39, 0.29) is 11.5 Å². The number of likely N-dealkylation sites (N-methyl/N-ethyl adjacent to an activating group) is 1. The molecule has 0 atom stereocenters. The highest BCUT2D eigenvalue weighted by atomic mass is 16.4. The summed E-state index contributed by atoms with van der Waals surface area (Å²) < 4.78 is 0. The molecular formula is C18H19N3O3. The van der Waals surface area contributed by atoms with Crippen molar-refractivity contribution in [3.8, 4) is 11.3 Å². The Hall–Kier alpha value is -2.73. The Bertz CT molecular complexity index is 768. The van der Waals surface area contributed by atoms with Gasteiger partial charge in [-0.2, -0.15) is 0 Å². The minimum absolute atomic E-state index is 0.0128. The van der Waals surface area contributed by atoms with Crippen LogP contribution in [-0.2, 0) is 0 Å². The number of carboxylic acid groups (broad SMARTS) is 1. The number of aromatic carboxylic acids is 1. The fraction of sp³-hybridized carbons (Fsp3) is 0.278. The van der Waals surface area contributed by atoms with Crippen LogP contribution in [0.25, 0.3) is 11.3 Å². The molecule has 0 aliphatic carbocycles. The number of pyridine rings is 1. The van der Waals surface area contributed by atoms with Crippen molar-refractivity contribution < 1.29 is 14.7 Å². The van der Waals surface area contributed by atoms with Gasteiger partial charge in [0.2, 0.25) is 0 Å². The molecule has 6 nitrogen and oxygen atoms in total. The molecule has 1 aliphatic heterocycles. The molecule has 1 aliphatic rings. The Morgan fingerprint density at radius 3 is 2.50 bits per heavy atom. The highest BCUT2D eigenvalue weighted by Crippen LogP contribution is 2.20. The molecule has 6 heteroatoms. The van der Waals surface area contributed by atoms with Gasteiger partial charge in [0.05, 0.1) is 11.3 Å². The zero-order chi connectivity index (χ0) is 17.1. The van der Waals surface area contributed by atoms with E-state index in [9.17, 15) is 9.59 Å². The van der Waals surface area contributed by atoms with Gasteiger partial charge in [-0.1, -0.05) is 12.1 Å². The lowest BCUT2D eigenvalue weighted by molar-refractivity contribution is 0.0662. The lowest BCUT2D eigenvalue weighted by Gasteiger charge is -2.32. The normalized spacial score (nSPS) is 15.3. The van der Waals surface area contributed by atoms with E-state index in [0.717, 1.165) is 13.1 Å². The molecule has 3 rings (SSSR count). The number of carbonyl (C=O) groups is 2. The van der Waals surface area contributed by atoms with Gasteiger partial charge in [0.25, 0.3) is 5.91 Å². The lowest BCUT2D eigenvalue weighted by atomic mass is 10.1. The number of nitrogens with zero attached hydrogens (tertiary/aromatic N) is 3. The van der Waals surface area contributed by atoms with Gasteiger partial charge < -0.3 is 14.9 Å². The van der Waals surface area contributed by atoms with Gasteiger partial charge in [-0.25, -0.2) is 4.79 Å². The largest absolute Gasteiger partial charge is 0.478 e. The van der Waals surface area contributed by atoms with E-state index in [0.29, 0.717) is 29.9 Å². The zero-order valence-electron chi connectivity index (χ0n) is 13.5. The first-order valence-corrected chi connectivity index (χ1v) is 7.82. The summed E-state index contributed by atoms with van der Waals surface area (Å²) in [6.45, 7) is 3.15. The molecule has 0 radical (unpaired) electrons. The number of carboxylic acids is 1. The van der Waals surface area contributed by atoms with Crippen LogP contribution in [0.3, 0.4) is 0 Å². The van der Waals surface area contributed by atoms with E-state index in [1.54, 1.807) is 36.5 Å². The third-order valence-electron chi connectivity index (χ3n) is 4.20. The first kappa shape index (κ1) is 16.1. The highest BCUT2D eigenvalue weighted by molar-refractivity contribution is 5.95. The summed E-state index contributed by atoms with van der Waals surface area (Å²) in [4.78, 5) is 32.1. The summed E-state index contributed by atoms with van der Waals surface area (Å²) >= 11 is 0. The van der Waals surface area contributed by atoms with Crippen LogP contribution in [0.1, 0.15) is 20.7 Å². The Morgan fingerprint density at radius 2 is 1.79 bits per heavy atom. The summed E-state index contributed by atoms with van der Waals surface area (Å²) in [5.41, 5.74) is 2.05. The van der Waals surface area contributed by atoms with Crippen molar-refractivity contribution in [3.05, 3.63) is 53.7 Å². The number of rotatable bonds is 3. The molecule has 0 unspecified atom stereocenters. The number of hydrogen-bond acceptors (Lipinski definition) is 4. The molecule has 0 bridgehead atoms. The van der Waals surface area contributed by atoms with Gasteiger partial charge in [0, 0.05) is 43.5 Å². The second-order valence-corrected chi connectivity index (χ2v) is 5.91. The number of hydrogen-bond donors (Lipinski definition) is 1. The maximum Gasteiger partial charge on any atom is 0.335 e. The van der Waals surface area contributed by atoms with Gasteiger partial charge in [-0.05, 0) is 31.3 Å². The van der Waals surface area contributed by atoms with Gasteiger partial charge >= 0.3 is 5.97 Å². The smallest absolute Gasteiger partial charge is 0.335 e. The van der Waals surface area contributed by atoms with Crippen molar-refractivity contribution in [3.63, 3.8) is 0 Å². The van der Waals surface area contributed by atoms with Gasteiger partial charge in [-0.15, -0.1) is 0 Å². The number of piperazine rings is 1. The van der Waals surface area contributed by atoms with Crippen molar-refractivity contribution in [1.29, 1.82) is 0 Å². The van der Waals surface area contributed by atoms with Crippen LogP contribution >= 0.6 is 0 Å². The number of amides is 1. The van der Waals surface area contributed by atoms with Crippen molar-refractivity contribution in [1.82, 2.24) is 14.8 Å². The first-order chi connectivity index (χ1) is 11.5. The van der Waals surface area contributed by atoms with Crippen molar-refractivity contribution in [2.24, 2.45) is 0 Å².